The monoisotopic (exact) mass is 393 g/mol. The van der Waals surface area contributed by atoms with E-state index in [9.17, 15) is 9.59 Å². The van der Waals surface area contributed by atoms with Gasteiger partial charge < -0.3 is 5.32 Å². The number of rotatable bonds is 7. The van der Waals surface area contributed by atoms with Crippen LogP contribution in [0.4, 0.5) is 5.69 Å². The summed E-state index contributed by atoms with van der Waals surface area (Å²) < 4.78 is 2.11. The van der Waals surface area contributed by atoms with Crippen LogP contribution in [0.2, 0.25) is 0 Å². The Balaban J connectivity index is 1.48. The molecule has 0 spiro atoms. The molecule has 1 N–H and O–H groups in total. The first-order valence-corrected chi connectivity index (χ1v) is 10.00. The Morgan fingerprint density at radius 3 is 2.61 bits per heavy atom. The van der Waals surface area contributed by atoms with E-state index in [1.165, 1.54) is 18.7 Å². The number of nitrogens with zero attached hydrogens (tertiary/aromatic N) is 4. The highest BCUT2D eigenvalue weighted by Gasteiger charge is 2.30. The summed E-state index contributed by atoms with van der Waals surface area (Å²) in [4.78, 5) is 28.2. The van der Waals surface area contributed by atoms with Gasteiger partial charge in [-0.3, -0.25) is 19.1 Å². The van der Waals surface area contributed by atoms with E-state index >= 15 is 0 Å². The van der Waals surface area contributed by atoms with Crippen LogP contribution in [-0.4, -0.2) is 37.2 Å². The van der Waals surface area contributed by atoms with Crippen LogP contribution in [-0.2, 0) is 4.79 Å². The number of hydrogen-bond donors (Lipinski definition) is 1. The molecule has 0 bridgehead atoms. The van der Waals surface area contributed by atoms with Crippen molar-refractivity contribution in [3.63, 3.8) is 0 Å². The molecule has 0 atom stereocenters. The third kappa shape index (κ3) is 3.96. The van der Waals surface area contributed by atoms with E-state index in [0.29, 0.717) is 17.3 Å². The molecule has 142 valence electrons. The lowest BCUT2D eigenvalue weighted by atomic mass is 10.1. The number of pyridine rings is 1. The van der Waals surface area contributed by atoms with Crippen LogP contribution in [0.5, 0.6) is 0 Å². The van der Waals surface area contributed by atoms with Crippen LogP contribution in [0.1, 0.15) is 36.2 Å². The lowest BCUT2D eigenvalue weighted by molar-refractivity contribution is -0.113. The number of nitrogens with one attached hydrogen (secondary N) is 1. The van der Waals surface area contributed by atoms with Crippen LogP contribution >= 0.6 is 11.8 Å². The molecule has 1 saturated carbocycles. The molecular weight excluding hydrogens is 374 g/mol. The summed E-state index contributed by atoms with van der Waals surface area (Å²) in [5.41, 5.74) is 1.99. The maximum atomic E-state index is 12.4. The normalized spacial score (nSPS) is 13.3. The molecule has 8 heteroatoms. The second-order valence-electron chi connectivity index (χ2n) is 6.58. The highest BCUT2D eigenvalue weighted by atomic mass is 32.2. The highest BCUT2D eigenvalue weighted by Crippen LogP contribution is 2.40. The van der Waals surface area contributed by atoms with Crippen molar-refractivity contribution in [2.24, 2.45) is 0 Å². The van der Waals surface area contributed by atoms with Crippen LogP contribution < -0.4 is 5.32 Å². The van der Waals surface area contributed by atoms with Gasteiger partial charge in [0, 0.05) is 29.6 Å². The maximum absolute atomic E-state index is 12.4. The fraction of sp³-hybridized carbons (Fsp3) is 0.250. The summed E-state index contributed by atoms with van der Waals surface area (Å²) in [6.45, 7) is 1.48. The molecule has 1 fully saturated rings. The standard InChI is InChI=1S/C20H19N5O2S/c1-13(26)16-4-2-3-5-17(16)22-18(27)12-28-20-24-23-19(25(20)15-6-7-15)14-8-10-21-11-9-14/h2-5,8-11,15H,6-7,12H2,1H3,(H,22,27). The number of aromatic nitrogens is 4. The van der Waals surface area contributed by atoms with E-state index in [1.807, 2.05) is 12.1 Å². The van der Waals surface area contributed by atoms with Gasteiger partial charge in [-0.25, -0.2) is 0 Å². The van der Waals surface area contributed by atoms with Crippen molar-refractivity contribution in [2.45, 2.75) is 31.0 Å². The summed E-state index contributed by atoms with van der Waals surface area (Å²) in [6, 6.07) is 11.2. The molecule has 0 radical (unpaired) electrons. The third-order valence-electron chi connectivity index (χ3n) is 4.43. The van der Waals surface area contributed by atoms with Crippen LogP contribution in [0.15, 0.2) is 53.9 Å². The lowest BCUT2D eigenvalue weighted by Crippen LogP contribution is -2.16. The quantitative estimate of drug-likeness (QED) is 0.487. The first kappa shape index (κ1) is 18.4. The average molecular weight is 393 g/mol. The fourth-order valence-electron chi connectivity index (χ4n) is 2.95. The Morgan fingerprint density at radius 1 is 1.14 bits per heavy atom. The van der Waals surface area contributed by atoms with Gasteiger partial charge in [0.1, 0.15) is 0 Å². The smallest absolute Gasteiger partial charge is 0.234 e. The van der Waals surface area contributed by atoms with Gasteiger partial charge in [-0.2, -0.15) is 0 Å². The van der Waals surface area contributed by atoms with Crippen LogP contribution in [0.25, 0.3) is 11.4 Å². The minimum Gasteiger partial charge on any atom is -0.325 e. The van der Waals surface area contributed by atoms with Gasteiger partial charge >= 0.3 is 0 Å². The molecule has 3 aromatic rings. The molecule has 0 unspecified atom stereocenters. The maximum Gasteiger partial charge on any atom is 0.234 e. The van der Waals surface area contributed by atoms with Gasteiger partial charge in [0.15, 0.2) is 16.8 Å². The van der Waals surface area contributed by atoms with Gasteiger partial charge in [-0.1, -0.05) is 23.9 Å². The summed E-state index contributed by atoms with van der Waals surface area (Å²) in [5, 5.41) is 12.2. The number of hydrogen-bond acceptors (Lipinski definition) is 6. The van der Waals surface area contributed by atoms with E-state index in [1.54, 1.807) is 36.7 Å². The summed E-state index contributed by atoms with van der Waals surface area (Å²) in [6.07, 6.45) is 5.63. The van der Waals surface area contributed by atoms with Crippen LogP contribution in [0, 0.1) is 0 Å². The number of thioether (sulfide) groups is 1. The van der Waals surface area contributed by atoms with Gasteiger partial charge in [0.25, 0.3) is 0 Å². The number of Topliss-reactive ketones (excluding diaryl/α,β-unsaturated/α-hetero) is 1. The van der Waals surface area contributed by atoms with Crippen LogP contribution in [0.3, 0.4) is 0 Å². The lowest BCUT2D eigenvalue weighted by Gasteiger charge is -2.10. The van der Waals surface area contributed by atoms with Crippen molar-refractivity contribution >= 4 is 29.1 Å². The Bertz CT molecular complexity index is 1010. The van der Waals surface area contributed by atoms with Crippen molar-refractivity contribution < 1.29 is 9.59 Å². The molecule has 0 aliphatic heterocycles. The average Bonchev–Trinajstić information content (AvgIpc) is 3.46. The van der Waals surface area contributed by atoms with Crippen molar-refractivity contribution in [2.75, 3.05) is 11.1 Å². The number of amides is 1. The van der Waals surface area contributed by atoms with Gasteiger partial charge in [0.2, 0.25) is 5.91 Å². The van der Waals surface area contributed by atoms with E-state index in [4.69, 9.17) is 0 Å². The zero-order valence-electron chi connectivity index (χ0n) is 15.3. The molecule has 1 aliphatic carbocycles. The SMILES string of the molecule is CC(=O)c1ccccc1NC(=O)CSc1nnc(-c2ccncc2)n1C1CC1. The molecule has 2 aromatic heterocycles. The number of ketones is 1. The summed E-state index contributed by atoms with van der Waals surface area (Å²) >= 11 is 1.35. The first-order chi connectivity index (χ1) is 13.6. The Hall–Kier alpha value is -3.00. The van der Waals surface area contributed by atoms with Gasteiger partial charge in [-0.05, 0) is 44.0 Å². The molecule has 0 saturated heterocycles. The van der Waals surface area contributed by atoms with E-state index in [-0.39, 0.29) is 17.4 Å². The predicted octanol–water partition coefficient (Wildman–Crippen LogP) is 3.61. The Morgan fingerprint density at radius 2 is 1.89 bits per heavy atom. The molecule has 1 aromatic carbocycles. The number of carbonyl (C=O) groups is 2. The molecular formula is C20H19N5O2S. The number of carbonyl (C=O) groups excluding carboxylic acids is 2. The molecule has 4 rings (SSSR count). The highest BCUT2D eigenvalue weighted by molar-refractivity contribution is 7.99. The predicted molar refractivity (Wildman–Crippen MR) is 107 cm³/mol. The Kier molecular flexibility index (Phi) is 5.21. The van der Waals surface area contributed by atoms with Crippen molar-refractivity contribution in [1.82, 2.24) is 19.7 Å². The molecule has 7 nitrogen and oxygen atoms in total. The van der Waals surface area contributed by atoms with Gasteiger partial charge in [-0.15, -0.1) is 10.2 Å². The Labute approximate surface area is 166 Å². The van der Waals surface area contributed by atoms with Crippen molar-refractivity contribution in [3.8, 4) is 11.4 Å². The number of anilines is 1. The minimum absolute atomic E-state index is 0.0842. The van der Waals surface area contributed by atoms with E-state index < -0.39 is 0 Å². The largest absolute Gasteiger partial charge is 0.325 e. The zero-order valence-corrected chi connectivity index (χ0v) is 16.1. The number of benzene rings is 1. The summed E-state index contributed by atoms with van der Waals surface area (Å²) in [7, 11) is 0. The van der Waals surface area contributed by atoms with E-state index in [2.05, 4.69) is 25.1 Å². The van der Waals surface area contributed by atoms with E-state index in [0.717, 1.165) is 29.4 Å². The third-order valence-corrected chi connectivity index (χ3v) is 5.37. The molecule has 1 aliphatic rings. The zero-order chi connectivity index (χ0) is 19.5. The summed E-state index contributed by atoms with van der Waals surface area (Å²) in [5.74, 6) is 0.719. The van der Waals surface area contributed by atoms with Crippen molar-refractivity contribution in [1.29, 1.82) is 0 Å². The van der Waals surface area contributed by atoms with Crippen molar-refractivity contribution in [3.05, 3.63) is 54.4 Å². The second-order valence-corrected chi connectivity index (χ2v) is 7.52. The minimum atomic E-state index is -0.186. The molecule has 1 amide bonds. The topological polar surface area (TPSA) is 89.8 Å². The fourth-order valence-corrected chi connectivity index (χ4v) is 3.76. The second kappa shape index (κ2) is 7.93. The van der Waals surface area contributed by atoms with Gasteiger partial charge in [0.05, 0.1) is 11.4 Å². The molecule has 2 heterocycles. The number of para-hydroxylation sites is 1. The molecule has 28 heavy (non-hydrogen) atoms. The first-order valence-electron chi connectivity index (χ1n) is 9.01.